The molecule has 1 unspecified atom stereocenters. The average molecular weight is 447 g/mol. The molecule has 2 aromatic carbocycles. The number of amides is 1. The van der Waals surface area contributed by atoms with Gasteiger partial charge in [0.15, 0.2) is 0 Å². The second-order valence-corrected chi connectivity index (χ2v) is 8.70. The van der Waals surface area contributed by atoms with Gasteiger partial charge >= 0.3 is 0 Å². The highest BCUT2D eigenvalue weighted by Crippen LogP contribution is 2.43. The minimum absolute atomic E-state index is 0.139. The van der Waals surface area contributed by atoms with Crippen LogP contribution in [0.4, 0.5) is 0 Å². The third-order valence-electron chi connectivity index (χ3n) is 6.51. The van der Waals surface area contributed by atoms with Crippen molar-refractivity contribution in [2.75, 3.05) is 13.7 Å². The molecule has 1 fully saturated rings. The van der Waals surface area contributed by atoms with Crippen LogP contribution >= 0.6 is 0 Å². The van der Waals surface area contributed by atoms with E-state index in [-0.39, 0.29) is 11.3 Å². The quantitative estimate of drug-likeness (QED) is 0.328. The molecule has 0 bridgehead atoms. The third kappa shape index (κ3) is 3.69. The number of nitrogens with zero attached hydrogens (tertiary/aromatic N) is 2. The number of aliphatic hydroxyl groups excluding tert-OH is 1. The van der Waals surface area contributed by atoms with Gasteiger partial charge in [-0.15, -0.1) is 0 Å². The number of aliphatic hydroxyl groups is 1. The Kier molecular flexibility index (Phi) is 6.02. The fourth-order valence-corrected chi connectivity index (χ4v) is 4.76. The molecule has 3 aromatic rings. The lowest BCUT2D eigenvalue weighted by atomic mass is 9.93. The molecule has 1 amide bonds. The molecule has 0 spiro atoms. The number of para-hydroxylation sites is 1. The van der Waals surface area contributed by atoms with Crippen molar-refractivity contribution in [2.24, 2.45) is 7.05 Å². The molecule has 0 aliphatic carbocycles. The first-order valence-corrected chi connectivity index (χ1v) is 11.3. The maximum absolute atomic E-state index is 13.3. The van der Waals surface area contributed by atoms with Crippen LogP contribution < -0.4 is 4.74 Å². The van der Waals surface area contributed by atoms with E-state index in [1.165, 1.54) is 0 Å². The van der Waals surface area contributed by atoms with Crippen LogP contribution in [0.2, 0.25) is 0 Å². The summed E-state index contributed by atoms with van der Waals surface area (Å²) >= 11 is 0. The first-order valence-electron chi connectivity index (χ1n) is 11.3. The molecule has 6 nitrogen and oxygen atoms in total. The number of methoxy groups -OCH3 is 1. The van der Waals surface area contributed by atoms with Gasteiger partial charge in [-0.2, -0.15) is 0 Å². The van der Waals surface area contributed by atoms with Gasteiger partial charge in [-0.05, 0) is 49.6 Å². The highest BCUT2D eigenvalue weighted by molar-refractivity contribution is 6.46. The minimum Gasteiger partial charge on any atom is -0.507 e. The number of Topliss-reactive ketones (excluding diaryl/α,β-unsaturated/α-hetero) is 1. The number of carbonyl (C=O) groups excluding carboxylic acids is 2. The van der Waals surface area contributed by atoms with Crippen LogP contribution in [-0.2, 0) is 16.6 Å². The fourth-order valence-electron chi connectivity index (χ4n) is 4.76. The van der Waals surface area contributed by atoms with Crippen molar-refractivity contribution in [3.8, 4) is 5.75 Å². The van der Waals surface area contributed by atoms with Gasteiger partial charge in [-0.3, -0.25) is 9.59 Å². The van der Waals surface area contributed by atoms with Crippen LogP contribution in [0.3, 0.4) is 0 Å². The fraction of sp³-hybridized carbons (Fsp3) is 0.333. The molecule has 0 radical (unpaired) electrons. The molecule has 4 rings (SSSR count). The van der Waals surface area contributed by atoms with E-state index in [4.69, 9.17) is 4.74 Å². The number of fused-ring (bicyclic) bond motifs is 1. The average Bonchev–Trinajstić information content (AvgIpc) is 3.27. The maximum Gasteiger partial charge on any atom is 0.295 e. The van der Waals surface area contributed by atoms with Gasteiger partial charge in [0.05, 0.1) is 18.7 Å². The van der Waals surface area contributed by atoms with Crippen molar-refractivity contribution >= 4 is 28.4 Å². The van der Waals surface area contributed by atoms with Gasteiger partial charge in [0.1, 0.15) is 11.5 Å². The molecule has 33 heavy (non-hydrogen) atoms. The number of benzene rings is 2. The summed E-state index contributed by atoms with van der Waals surface area (Å²) in [6, 6.07) is 10.9. The van der Waals surface area contributed by atoms with Gasteiger partial charge in [-0.25, -0.2) is 0 Å². The molecule has 1 aliphatic rings. The van der Waals surface area contributed by atoms with Crippen LogP contribution in [0.1, 0.15) is 48.1 Å². The van der Waals surface area contributed by atoms with Crippen LogP contribution in [0.25, 0.3) is 16.7 Å². The molecule has 6 heteroatoms. The van der Waals surface area contributed by atoms with Crippen molar-refractivity contribution in [3.63, 3.8) is 0 Å². The SMILES string of the molecule is CCCCN1C(=O)C(=O)/C(=C(/O)c2cc(C)c(OC)cc2C)C1c1cn(C)c2ccccc12. The first kappa shape index (κ1) is 22.6. The predicted octanol–water partition coefficient (Wildman–Crippen LogP) is 5.03. The van der Waals surface area contributed by atoms with E-state index >= 15 is 0 Å². The Morgan fingerprint density at radius 1 is 1.12 bits per heavy atom. The van der Waals surface area contributed by atoms with Crippen LogP contribution in [-0.4, -0.2) is 39.9 Å². The van der Waals surface area contributed by atoms with E-state index in [1.807, 2.05) is 75.0 Å². The zero-order valence-corrected chi connectivity index (χ0v) is 19.8. The van der Waals surface area contributed by atoms with E-state index < -0.39 is 17.7 Å². The molecule has 1 N–H and O–H groups in total. The van der Waals surface area contributed by atoms with E-state index in [9.17, 15) is 14.7 Å². The number of rotatable bonds is 6. The van der Waals surface area contributed by atoms with Gasteiger partial charge in [0.25, 0.3) is 11.7 Å². The Hall–Kier alpha value is -3.54. The number of aryl methyl sites for hydroxylation is 3. The summed E-state index contributed by atoms with van der Waals surface area (Å²) in [5.74, 6) is -0.646. The molecule has 1 aliphatic heterocycles. The third-order valence-corrected chi connectivity index (χ3v) is 6.51. The Bertz CT molecular complexity index is 1280. The van der Waals surface area contributed by atoms with E-state index in [0.717, 1.165) is 40.4 Å². The number of hydrogen-bond donors (Lipinski definition) is 1. The van der Waals surface area contributed by atoms with Gasteiger partial charge in [-0.1, -0.05) is 31.5 Å². The summed E-state index contributed by atoms with van der Waals surface area (Å²) in [5.41, 5.74) is 4.13. The number of aromatic nitrogens is 1. The molecule has 2 heterocycles. The number of carbonyl (C=O) groups is 2. The minimum atomic E-state index is -0.649. The molecule has 0 saturated carbocycles. The Balaban J connectivity index is 1.98. The first-order chi connectivity index (χ1) is 15.8. The zero-order valence-electron chi connectivity index (χ0n) is 19.8. The number of ether oxygens (including phenoxy) is 1. The largest absolute Gasteiger partial charge is 0.507 e. The zero-order chi connectivity index (χ0) is 23.9. The van der Waals surface area contributed by atoms with Crippen molar-refractivity contribution < 1.29 is 19.4 Å². The number of hydrogen-bond acceptors (Lipinski definition) is 4. The molecular weight excluding hydrogens is 416 g/mol. The molecule has 1 atom stereocenters. The smallest absolute Gasteiger partial charge is 0.295 e. The van der Waals surface area contributed by atoms with Gasteiger partial charge in [0, 0.05) is 41.8 Å². The Morgan fingerprint density at radius 2 is 1.85 bits per heavy atom. The molecule has 1 aromatic heterocycles. The summed E-state index contributed by atoms with van der Waals surface area (Å²) in [6.07, 6.45) is 3.62. The van der Waals surface area contributed by atoms with Crippen molar-refractivity contribution in [3.05, 3.63) is 70.4 Å². The lowest BCUT2D eigenvalue weighted by Gasteiger charge is -2.25. The second kappa shape index (κ2) is 8.77. The summed E-state index contributed by atoms with van der Waals surface area (Å²) in [4.78, 5) is 28.1. The van der Waals surface area contributed by atoms with Crippen LogP contribution in [0.5, 0.6) is 5.75 Å². The monoisotopic (exact) mass is 446 g/mol. The standard InChI is InChI=1S/C27H30N2O4/c1-6-7-12-29-24(20-15-28(4)21-11-9-8-10-18(20)21)23(26(31)27(29)32)25(30)19-13-17(3)22(33-5)14-16(19)2/h8-11,13-15,24,30H,6-7,12H2,1-5H3/b25-23+. The highest BCUT2D eigenvalue weighted by Gasteiger charge is 2.46. The summed E-state index contributed by atoms with van der Waals surface area (Å²) in [6.45, 7) is 6.24. The van der Waals surface area contributed by atoms with Gasteiger partial charge < -0.3 is 19.3 Å². The Morgan fingerprint density at radius 3 is 2.55 bits per heavy atom. The molecule has 172 valence electrons. The van der Waals surface area contributed by atoms with Crippen LogP contribution in [0, 0.1) is 13.8 Å². The predicted molar refractivity (Wildman–Crippen MR) is 129 cm³/mol. The van der Waals surface area contributed by atoms with E-state index in [2.05, 4.69) is 0 Å². The summed E-state index contributed by atoms with van der Waals surface area (Å²) < 4.78 is 7.39. The van der Waals surface area contributed by atoms with E-state index in [0.29, 0.717) is 17.9 Å². The Labute approximate surface area is 194 Å². The lowest BCUT2D eigenvalue weighted by molar-refractivity contribution is -0.139. The van der Waals surface area contributed by atoms with Crippen molar-refractivity contribution in [1.82, 2.24) is 9.47 Å². The lowest BCUT2D eigenvalue weighted by Crippen LogP contribution is -2.30. The van der Waals surface area contributed by atoms with E-state index in [1.54, 1.807) is 12.0 Å². The van der Waals surface area contributed by atoms with Crippen molar-refractivity contribution in [1.29, 1.82) is 0 Å². The normalized spacial score (nSPS) is 17.8. The summed E-state index contributed by atoms with van der Waals surface area (Å²) in [5, 5.41) is 12.4. The molecule has 1 saturated heterocycles. The number of ketones is 1. The summed E-state index contributed by atoms with van der Waals surface area (Å²) in [7, 11) is 3.54. The second-order valence-electron chi connectivity index (χ2n) is 8.70. The topological polar surface area (TPSA) is 71.8 Å². The van der Waals surface area contributed by atoms with Crippen LogP contribution in [0.15, 0.2) is 48.2 Å². The number of likely N-dealkylation sites (tertiary alicyclic amines) is 1. The van der Waals surface area contributed by atoms with Gasteiger partial charge in [0.2, 0.25) is 0 Å². The highest BCUT2D eigenvalue weighted by atomic mass is 16.5. The maximum atomic E-state index is 13.3. The number of unbranched alkanes of at least 4 members (excludes halogenated alkanes) is 1. The molecular formula is C27H30N2O4. The van der Waals surface area contributed by atoms with Crippen molar-refractivity contribution in [2.45, 2.75) is 39.7 Å².